The fraction of sp³-hybridized carbons (Fsp3) is 0.538. The molecular weight excluding hydrogens is 220 g/mol. The van der Waals surface area contributed by atoms with Crippen LogP contribution in [0, 0.1) is 0 Å². The van der Waals surface area contributed by atoms with Crippen molar-refractivity contribution in [3.05, 3.63) is 29.3 Å². The second-order valence-electron chi connectivity index (χ2n) is 4.73. The molecule has 0 fully saturated rings. The van der Waals surface area contributed by atoms with Crippen molar-refractivity contribution < 1.29 is 8.42 Å². The van der Waals surface area contributed by atoms with Crippen LogP contribution in [0.15, 0.2) is 23.1 Å². The zero-order valence-electron chi connectivity index (χ0n) is 9.86. The first kappa shape index (κ1) is 11.6. The van der Waals surface area contributed by atoms with Crippen molar-refractivity contribution in [2.24, 2.45) is 0 Å². The summed E-state index contributed by atoms with van der Waals surface area (Å²) in [6.07, 6.45) is 4.52. The van der Waals surface area contributed by atoms with E-state index in [0.29, 0.717) is 4.90 Å². The van der Waals surface area contributed by atoms with E-state index < -0.39 is 9.84 Å². The van der Waals surface area contributed by atoms with Gasteiger partial charge in [0, 0.05) is 0 Å². The topological polar surface area (TPSA) is 34.1 Å². The maximum absolute atomic E-state index is 12.0. The van der Waals surface area contributed by atoms with Crippen molar-refractivity contribution in [3.63, 3.8) is 0 Å². The summed E-state index contributed by atoms with van der Waals surface area (Å²) in [5, 5.41) is -0.339. The lowest BCUT2D eigenvalue weighted by molar-refractivity contribution is 0.586. The summed E-state index contributed by atoms with van der Waals surface area (Å²) in [4.78, 5) is 0.489. The summed E-state index contributed by atoms with van der Waals surface area (Å²) >= 11 is 0. The molecule has 2 rings (SSSR count). The predicted octanol–water partition coefficient (Wildman–Crippen LogP) is 2.75. The second kappa shape index (κ2) is 4.21. The van der Waals surface area contributed by atoms with Gasteiger partial charge in [0.15, 0.2) is 9.84 Å². The van der Waals surface area contributed by atoms with Crippen molar-refractivity contribution in [2.75, 3.05) is 0 Å². The summed E-state index contributed by atoms with van der Waals surface area (Å²) in [5.41, 5.74) is 2.56. The van der Waals surface area contributed by atoms with Crippen LogP contribution >= 0.6 is 0 Å². The maximum Gasteiger partial charge on any atom is 0.180 e. The van der Waals surface area contributed by atoms with Crippen molar-refractivity contribution in [1.29, 1.82) is 0 Å². The Morgan fingerprint density at radius 1 is 1.06 bits per heavy atom. The first-order chi connectivity index (χ1) is 7.51. The number of rotatable bonds is 2. The van der Waals surface area contributed by atoms with Crippen LogP contribution in [0.3, 0.4) is 0 Å². The molecule has 0 saturated carbocycles. The minimum absolute atomic E-state index is 0.339. The molecule has 1 aliphatic rings. The van der Waals surface area contributed by atoms with Gasteiger partial charge in [-0.05, 0) is 62.8 Å². The normalized spacial score (nSPS) is 16.2. The number of hydrogen-bond donors (Lipinski definition) is 0. The van der Waals surface area contributed by atoms with E-state index in [9.17, 15) is 8.42 Å². The Kier molecular flexibility index (Phi) is 3.06. The first-order valence-corrected chi connectivity index (χ1v) is 7.42. The quantitative estimate of drug-likeness (QED) is 0.794. The van der Waals surface area contributed by atoms with Crippen molar-refractivity contribution in [2.45, 2.75) is 49.7 Å². The van der Waals surface area contributed by atoms with Gasteiger partial charge < -0.3 is 0 Å². The number of hydrogen-bond acceptors (Lipinski definition) is 2. The van der Waals surface area contributed by atoms with Gasteiger partial charge in [0.2, 0.25) is 0 Å². The molecule has 0 radical (unpaired) electrons. The van der Waals surface area contributed by atoms with Crippen LogP contribution in [0.5, 0.6) is 0 Å². The van der Waals surface area contributed by atoms with Gasteiger partial charge in [-0.15, -0.1) is 0 Å². The van der Waals surface area contributed by atoms with E-state index in [1.807, 2.05) is 12.1 Å². The maximum atomic E-state index is 12.0. The lowest BCUT2D eigenvalue weighted by Crippen LogP contribution is -2.15. The third-order valence-corrected chi connectivity index (χ3v) is 5.42. The summed E-state index contributed by atoms with van der Waals surface area (Å²) < 4.78 is 24.0. The number of fused-ring (bicyclic) bond motifs is 1. The SMILES string of the molecule is CC(C)S(=O)(=O)c1ccc2c(c1)CCCC2. The second-order valence-corrected chi connectivity index (χ2v) is 7.24. The fourth-order valence-electron chi connectivity index (χ4n) is 2.16. The van der Waals surface area contributed by atoms with Crippen LogP contribution in [0.4, 0.5) is 0 Å². The molecule has 0 aromatic heterocycles. The summed E-state index contributed by atoms with van der Waals surface area (Å²) in [6.45, 7) is 3.46. The van der Waals surface area contributed by atoms with Crippen LogP contribution < -0.4 is 0 Å². The molecule has 1 aliphatic carbocycles. The van der Waals surface area contributed by atoms with Crippen molar-refractivity contribution >= 4 is 9.84 Å². The highest BCUT2D eigenvalue weighted by Gasteiger charge is 2.20. The molecule has 3 heteroatoms. The average Bonchev–Trinajstić information content (AvgIpc) is 2.28. The third kappa shape index (κ3) is 2.01. The molecule has 0 aliphatic heterocycles. The summed E-state index contributed by atoms with van der Waals surface area (Å²) in [5.74, 6) is 0. The van der Waals surface area contributed by atoms with Crippen LogP contribution in [0.2, 0.25) is 0 Å². The summed E-state index contributed by atoms with van der Waals surface area (Å²) in [6, 6.07) is 5.63. The average molecular weight is 238 g/mol. The standard InChI is InChI=1S/C13H18O2S/c1-10(2)16(14,15)13-8-7-11-5-3-4-6-12(11)9-13/h7-10H,3-6H2,1-2H3. The Labute approximate surface area is 97.6 Å². The Bertz CT molecular complexity index is 487. The van der Waals surface area contributed by atoms with Gasteiger partial charge in [0.05, 0.1) is 10.1 Å². The largest absolute Gasteiger partial charge is 0.223 e. The van der Waals surface area contributed by atoms with Gasteiger partial charge in [-0.2, -0.15) is 0 Å². The van der Waals surface area contributed by atoms with E-state index >= 15 is 0 Å². The van der Waals surface area contributed by atoms with Crippen LogP contribution in [0.25, 0.3) is 0 Å². The van der Waals surface area contributed by atoms with Crippen LogP contribution in [-0.4, -0.2) is 13.7 Å². The highest BCUT2D eigenvalue weighted by Crippen LogP contribution is 2.25. The highest BCUT2D eigenvalue weighted by atomic mass is 32.2. The smallest absolute Gasteiger partial charge is 0.180 e. The van der Waals surface area contributed by atoms with Crippen LogP contribution in [-0.2, 0) is 22.7 Å². The predicted molar refractivity (Wildman–Crippen MR) is 65.4 cm³/mol. The van der Waals surface area contributed by atoms with E-state index in [2.05, 4.69) is 0 Å². The number of aryl methyl sites for hydroxylation is 2. The lowest BCUT2D eigenvalue weighted by Gasteiger charge is -2.17. The molecule has 2 nitrogen and oxygen atoms in total. The van der Waals surface area contributed by atoms with Crippen molar-refractivity contribution in [1.82, 2.24) is 0 Å². The monoisotopic (exact) mass is 238 g/mol. The minimum Gasteiger partial charge on any atom is -0.223 e. The Hall–Kier alpha value is -0.830. The minimum atomic E-state index is -3.11. The first-order valence-electron chi connectivity index (χ1n) is 5.87. The van der Waals surface area contributed by atoms with E-state index in [1.165, 1.54) is 24.0 Å². The number of benzene rings is 1. The van der Waals surface area contributed by atoms with E-state index in [1.54, 1.807) is 19.9 Å². The van der Waals surface area contributed by atoms with Gasteiger partial charge in [-0.1, -0.05) is 6.07 Å². The molecule has 0 bridgehead atoms. The van der Waals surface area contributed by atoms with E-state index in [0.717, 1.165) is 12.8 Å². The van der Waals surface area contributed by atoms with Gasteiger partial charge in [0.1, 0.15) is 0 Å². The molecule has 0 N–H and O–H groups in total. The Balaban J connectivity index is 2.45. The molecule has 16 heavy (non-hydrogen) atoms. The molecular formula is C13H18O2S. The van der Waals surface area contributed by atoms with E-state index in [4.69, 9.17) is 0 Å². The number of sulfone groups is 1. The van der Waals surface area contributed by atoms with Gasteiger partial charge in [-0.25, -0.2) is 8.42 Å². The van der Waals surface area contributed by atoms with E-state index in [-0.39, 0.29) is 5.25 Å². The van der Waals surface area contributed by atoms with Crippen LogP contribution in [0.1, 0.15) is 37.8 Å². The Morgan fingerprint density at radius 3 is 2.31 bits per heavy atom. The molecule has 1 aromatic carbocycles. The highest BCUT2D eigenvalue weighted by molar-refractivity contribution is 7.92. The van der Waals surface area contributed by atoms with Gasteiger partial charge in [-0.3, -0.25) is 0 Å². The molecule has 0 saturated heterocycles. The molecule has 0 amide bonds. The summed E-state index contributed by atoms with van der Waals surface area (Å²) in [7, 11) is -3.11. The van der Waals surface area contributed by atoms with Gasteiger partial charge in [0.25, 0.3) is 0 Å². The molecule has 0 heterocycles. The molecule has 0 spiro atoms. The third-order valence-electron chi connectivity index (χ3n) is 3.27. The molecule has 0 unspecified atom stereocenters. The van der Waals surface area contributed by atoms with Gasteiger partial charge >= 0.3 is 0 Å². The lowest BCUT2D eigenvalue weighted by atomic mass is 9.92. The molecule has 1 aromatic rings. The Morgan fingerprint density at radius 2 is 1.69 bits per heavy atom. The zero-order chi connectivity index (χ0) is 11.8. The van der Waals surface area contributed by atoms with Crippen molar-refractivity contribution in [3.8, 4) is 0 Å². The fourth-order valence-corrected chi connectivity index (χ4v) is 3.27. The zero-order valence-corrected chi connectivity index (χ0v) is 10.7. The molecule has 0 atom stereocenters. The molecule has 88 valence electrons.